The van der Waals surface area contributed by atoms with Crippen LogP contribution in [0.1, 0.15) is 29.9 Å². The quantitative estimate of drug-likeness (QED) is 0.861. The van der Waals surface area contributed by atoms with Gasteiger partial charge in [-0.15, -0.1) is 11.3 Å². The molecule has 0 aliphatic carbocycles. The Morgan fingerprint density at radius 1 is 1.40 bits per heavy atom. The van der Waals surface area contributed by atoms with Crippen molar-refractivity contribution in [2.45, 2.75) is 26.3 Å². The van der Waals surface area contributed by atoms with E-state index in [-0.39, 0.29) is 11.9 Å². The summed E-state index contributed by atoms with van der Waals surface area (Å²) in [5.74, 6) is 0.0532. The van der Waals surface area contributed by atoms with Gasteiger partial charge in [-0.3, -0.25) is 4.79 Å². The summed E-state index contributed by atoms with van der Waals surface area (Å²) in [4.78, 5) is 15.7. The largest absolute Gasteiger partial charge is 0.393 e. The second-order valence-electron chi connectivity index (χ2n) is 4.96. The van der Waals surface area contributed by atoms with Gasteiger partial charge in [-0.05, 0) is 31.4 Å². The van der Waals surface area contributed by atoms with Gasteiger partial charge in [0.05, 0.1) is 9.87 Å². The zero-order chi connectivity index (χ0) is 14.7. The molecule has 0 unspecified atom stereocenters. The molecule has 1 aromatic heterocycles. The predicted molar refractivity (Wildman–Crippen MR) is 89.4 cm³/mol. The van der Waals surface area contributed by atoms with Crippen molar-refractivity contribution in [1.29, 1.82) is 0 Å². The highest BCUT2D eigenvalue weighted by atomic mass is 32.1. The number of amides is 1. The van der Waals surface area contributed by atoms with Crippen LogP contribution in [0.15, 0.2) is 30.3 Å². The van der Waals surface area contributed by atoms with Crippen LogP contribution in [0.5, 0.6) is 0 Å². The number of hydrogen-bond acceptors (Lipinski definition) is 3. The summed E-state index contributed by atoms with van der Waals surface area (Å²) in [6.07, 6.45) is 0.560. The van der Waals surface area contributed by atoms with Crippen molar-refractivity contribution in [2.24, 2.45) is 5.73 Å². The maximum Gasteiger partial charge on any atom is 0.264 e. The van der Waals surface area contributed by atoms with Gasteiger partial charge < -0.3 is 10.6 Å². The monoisotopic (exact) mass is 306 g/mol. The van der Waals surface area contributed by atoms with E-state index in [1.54, 1.807) is 0 Å². The third-order valence-electron chi connectivity index (χ3n) is 3.12. The molecule has 1 heterocycles. The Balaban J connectivity index is 2.24. The molecule has 0 saturated heterocycles. The molecule has 0 fully saturated rings. The molecule has 0 saturated carbocycles. The summed E-state index contributed by atoms with van der Waals surface area (Å²) >= 11 is 6.43. The average Bonchev–Trinajstić information content (AvgIpc) is 2.81. The number of thiophene rings is 1. The first-order chi connectivity index (χ1) is 9.49. The first kappa shape index (κ1) is 14.9. The lowest BCUT2D eigenvalue weighted by Crippen LogP contribution is -2.38. The lowest BCUT2D eigenvalue weighted by molar-refractivity contribution is 0.0716. The van der Waals surface area contributed by atoms with Crippen molar-refractivity contribution in [3.05, 3.63) is 35.2 Å². The normalized spacial score (nSPS) is 10.9. The van der Waals surface area contributed by atoms with E-state index < -0.39 is 0 Å². The van der Waals surface area contributed by atoms with Gasteiger partial charge in [-0.2, -0.15) is 0 Å². The first-order valence-electron chi connectivity index (χ1n) is 6.57. The van der Waals surface area contributed by atoms with E-state index in [2.05, 4.69) is 0 Å². The van der Waals surface area contributed by atoms with E-state index in [4.69, 9.17) is 18.0 Å². The highest BCUT2D eigenvalue weighted by Gasteiger charge is 2.20. The number of carbonyl (C=O) groups excluding carboxylic acids is 1. The number of nitrogens with two attached hydrogens (primary N) is 1. The average molecular weight is 306 g/mol. The van der Waals surface area contributed by atoms with Crippen molar-refractivity contribution in [3.63, 3.8) is 0 Å². The molecule has 0 spiro atoms. The van der Waals surface area contributed by atoms with Crippen LogP contribution in [0.3, 0.4) is 0 Å². The number of rotatable bonds is 5. The molecule has 106 valence electrons. The van der Waals surface area contributed by atoms with E-state index in [9.17, 15) is 4.79 Å². The standard InChI is InChI=1S/C15H18N2OS2/c1-10(2)17(8-7-14(16)19)15(18)13-9-11-5-3-4-6-12(11)20-13/h3-6,9-10H,7-8H2,1-2H3,(H2,16,19). The van der Waals surface area contributed by atoms with Crippen molar-refractivity contribution in [2.75, 3.05) is 6.54 Å². The Morgan fingerprint density at radius 2 is 2.10 bits per heavy atom. The summed E-state index contributed by atoms with van der Waals surface area (Å²) in [5, 5.41) is 1.11. The van der Waals surface area contributed by atoms with Crippen LogP contribution in [0.25, 0.3) is 10.1 Å². The first-order valence-corrected chi connectivity index (χ1v) is 7.79. The lowest BCUT2D eigenvalue weighted by Gasteiger charge is -2.26. The van der Waals surface area contributed by atoms with Crippen LogP contribution in [-0.4, -0.2) is 28.4 Å². The highest BCUT2D eigenvalue weighted by Crippen LogP contribution is 2.26. The second-order valence-corrected chi connectivity index (χ2v) is 6.57. The molecule has 2 N–H and O–H groups in total. The van der Waals surface area contributed by atoms with Gasteiger partial charge in [0.15, 0.2) is 0 Å². The third kappa shape index (κ3) is 3.35. The number of thiocarbonyl (C=S) groups is 1. The Morgan fingerprint density at radius 3 is 2.70 bits per heavy atom. The summed E-state index contributed by atoms with van der Waals surface area (Å²) in [6.45, 7) is 4.58. The van der Waals surface area contributed by atoms with Crippen LogP contribution in [0.2, 0.25) is 0 Å². The molecule has 20 heavy (non-hydrogen) atoms. The Labute approximate surface area is 128 Å². The molecule has 0 atom stereocenters. The summed E-state index contributed by atoms with van der Waals surface area (Å²) in [5.41, 5.74) is 5.54. The van der Waals surface area contributed by atoms with E-state index in [0.717, 1.165) is 15.0 Å². The van der Waals surface area contributed by atoms with Gasteiger partial charge in [0.1, 0.15) is 0 Å². The number of hydrogen-bond donors (Lipinski definition) is 1. The second kappa shape index (κ2) is 6.33. The molecule has 1 aromatic carbocycles. The number of nitrogens with zero attached hydrogens (tertiary/aromatic N) is 1. The zero-order valence-electron chi connectivity index (χ0n) is 11.6. The van der Waals surface area contributed by atoms with E-state index in [0.29, 0.717) is 18.0 Å². The minimum absolute atomic E-state index is 0.0532. The third-order valence-corrected chi connectivity index (χ3v) is 4.43. The molecule has 0 radical (unpaired) electrons. The zero-order valence-corrected chi connectivity index (χ0v) is 13.3. The summed E-state index contributed by atoms with van der Waals surface area (Å²) in [7, 11) is 0. The van der Waals surface area contributed by atoms with Crippen molar-refractivity contribution in [3.8, 4) is 0 Å². The molecule has 2 aromatic rings. The number of carbonyl (C=O) groups is 1. The minimum atomic E-state index is 0.0532. The molecule has 2 rings (SSSR count). The van der Waals surface area contributed by atoms with Crippen molar-refractivity contribution in [1.82, 2.24) is 4.90 Å². The Bertz CT molecular complexity index is 601. The van der Waals surface area contributed by atoms with Crippen molar-refractivity contribution < 1.29 is 4.79 Å². The molecule has 0 bridgehead atoms. The fourth-order valence-electron chi connectivity index (χ4n) is 2.05. The minimum Gasteiger partial charge on any atom is -0.393 e. The summed E-state index contributed by atoms with van der Waals surface area (Å²) < 4.78 is 1.13. The van der Waals surface area contributed by atoms with Crippen LogP contribution in [-0.2, 0) is 0 Å². The van der Waals surface area contributed by atoms with Crippen molar-refractivity contribution >= 4 is 44.5 Å². The van der Waals surface area contributed by atoms with Crippen LogP contribution >= 0.6 is 23.6 Å². The smallest absolute Gasteiger partial charge is 0.264 e. The molecule has 0 aliphatic heterocycles. The molecule has 1 amide bonds. The maximum atomic E-state index is 12.6. The number of fused-ring (bicyclic) bond motifs is 1. The SMILES string of the molecule is CC(C)N(CCC(N)=S)C(=O)c1cc2ccccc2s1. The van der Waals surface area contributed by atoms with Crippen LogP contribution < -0.4 is 5.73 Å². The van der Waals surface area contributed by atoms with E-state index in [1.165, 1.54) is 11.3 Å². The van der Waals surface area contributed by atoms with Gasteiger partial charge in [0.25, 0.3) is 5.91 Å². The van der Waals surface area contributed by atoms with Gasteiger partial charge >= 0.3 is 0 Å². The predicted octanol–water partition coefficient (Wildman–Crippen LogP) is 3.43. The maximum absolute atomic E-state index is 12.6. The van der Waals surface area contributed by atoms with Gasteiger partial charge in [-0.1, -0.05) is 30.4 Å². The molecule has 5 heteroatoms. The van der Waals surface area contributed by atoms with Gasteiger partial charge in [-0.25, -0.2) is 0 Å². The van der Waals surface area contributed by atoms with Crippen LogP contribution in [0, 0.1) is 0 Å². The molecule has 0 aliphatic rings. The molecular formula is C15H18N2OS2. The Hall–Kier alpha value is -1.46. The van der Waals surface area contributed by atoms with Gasteiger partial charge in [0, 0.05) is 23.7 Å². The lowest BCUT2D eigenvalue weighted by atomic mass is 10.2. The molecule has 3 nitrogen and oxygen atoms in total. The Kier molecular flexibility index (Phi) is 4.73. The van der Waals surface area contributed by atoms with E-state index >= 15 is 0 Å². The molecular weight excluding hydrogens is 288 g/mol. The summed E-state index contributed by atoms with van der Waals surface area (Å²) in [6, 6.07) is 10.1. The van der Waals surface area contributed by atoms with Crippen LogP contribution in [0.4, 0.5) is 0 Å². The number of benzene rings is 1. The highest BCUT2D eigenvalue weighted by molar-refractivity contribution is 7.80. The fraction of sp³-hybridized carbons (Fsp3) is 0.333. The fourth-order valence-corrected chi connectivity index (χ4v) is 3.16. The van der Waals surface area contributed by atoms with Gasteiger partial charge in [0.2, 0.25) is 0 Å². The topological polar surface area (TPSA) is 46.3 Å². The van der Waals surface area contributed by atoms with E-state index in [1.807, 2.05) is 49.1 Å².